The molecule has 0 radical (unpaired) electrons. The standard InChI is InChI=1S/C20H24ClN3O5S/c1-4-24(5-2)30(27,28)16-10-11-18(29-3)17(13-16)20(26)23-22-19(25)12-14-6-8-15(21)9-7-14/h6-11,13H,4-5,12H2,1-3H3,(H,22,25)(H,23,26). The van der Waals surface area contributed by atoms with E-state index in [2.05, 4.69) is 10.9 Å². The minimum atomic E-state index is -3.76. The molecule has 2 rings (SSSR count). The average molecular weight is 454 g/mol. The van der Waals surface area contributed by atoms with Gasteiger partial charge in [-0.15, -0.1) is 0 Å². The van der Waals surface area contributed by atoms with Gasteiger partial charge < -0.3 is 4.74 Å². The van der Waals surface area contributed by atoms with E-state index in [1.54, 1.807) is 38.1 Å². The number of nitrogens with one attached hydrogen (secondary N) is 2. The first-order valence-corrected chi connectivity index (χ1v) is 11.1. The zero-order valence-electron chi connectivity index (χ0n) is 16.9. The van der Waals surface area contributed by atoms with Crippen LogP contribution in [0.4, 0.5) is 0 Å². The van der Waals surface area contributed by atoms with Gasteiger partial charge in [-0.3, -0.25) is 20.4 Å². The molecule has 10 heteroatoms. The van der Waals surface area contributed by atoms with E-state index in [4.69, 9.17) is 16.3 Å². The number of sulfonamides is 1. The molecule has 0 atom stereocenters. The van der Waals surface area contributed by atoms with Crippen molar-refractivity contribution in [3.8, 4) is 5.75 Å². The Morgan fingerprint density at radius 3 is 2.23 bits per heavy atom. The van der Waals surface area contributed by atoms with Crippen LogP contribution in [0.1, 0.15) is 29.8 Å². The highest BCUT2D eigenvalue weighted by molar-refractivity contribution is 7.89. The number of rotatable bonds is 8. The predicted octanol–water partition coefficient (Wildman–Crippen LogP) is 2.38. The van der Waals surface area contributed by atoms with Gasteiger partial charge in [0, 0.05) is 18.1 Å². The summed E-state index contributed by atoms with van der Waals surface area (Å²) < 4.78 is 31.9. The molecule has 0 unspecified atom stereocenters. The van der Waals surface area contributed by atoms with E-state index in [1.807, 2.05) is 0 Å². The molecule has 8 nitrogen and oxygen atoms in total. The van der Waals surface area contributed by atoms with Gasteiger partial charge in [0.05, 0.1) is 24.0 Å². The molecule has 0 saturated heterocycles. The van der Waals surface area contributed by atoms with Crippen LogP contribution in [0.25, 0.3) is 0 Å². The van der Waals surface area contributed by atoms with Crippen LogP contribution in [-0.4, -0.2) is 44.7 Å². The average Bonchev–Trinajstić information content (AvgIpc) is 2.73. The minimum Gasteiger partial charge on any atom is -0.496 e. The lowest BCUT2D eigenvalue weighted by Crippen LogP contribution is -2.42. The van der Waals surface area contributed by atoms with Crippen molar-refractivity contribution in [1.82, 2.24) is 15.2 Å². The van der Waals surface area contributed by atoms with Crippen molar-refractivity contribution in [3.63, 3.8) is 0 Å². The molecule has 2 aromatic carbocycles. The first-order valence-electron chi connectivity index (χ1n) is 9.24. The van der Waals surface area contributed by atoms with Crippen molar-refractivity contribution < 1.29 is 22.7 Å². The Hall–Kier alpha value is -2.62. The number of hydrogen-bond acceptors (Lipinski definition) is 5. The topological polar surface area (TPSA) is 105 Å². The SMILES string of the molecule is CCN(CC)S(=O)(=O)c1ccc(OC)c(C(=O)NNC(=O)Cc2ccc(Cl)cc2)c1. The predicted molar refractivity (Wildman–Crippen MR) is 114 cm³/mol. The van der Waals surface area contributed by atoms with E-state index in [9.17, 15) is 18.0 Å². The van der Waals surface area contributed by atoms with Crippen LogP contribution in [-0.2, 0) is 21.2 Å². The summed E-state index contributed by atoms with van der Waals surface area (Å²) in [5.74, 6) is -0.970. The number of methoxy groups -OCH3 is 1. The molecule has 2 amide bonds. The maximum Gasteiger partial charge on any atom is 0.273 e. The quantitative estimate of drug-likeness (QED) is 0.597. The Morgan fingerprint density at radius 1 is 1.03 bits per heavy atom. The van der Waals surface area contributed by atoms with E-state index >= 15 is 0 Å². The first kappa shape index (κ1) is 23.7. The third-order valence-electron chi connectivity index (χ3n) is 4.35. The van der Waals surface area contributed by atoms with Crippen LogP contribution in [0, 0.1) is 0 Å². The van der Waals surface area contributed by atoms with Crippen LogP contribution in [0.15, 0.2) is 47.4 Å². The molecular formula is C20H24ClN3O5S. The summed E-state index contributed by atoms with van der Waals surface area (Å²) >= 11 is 5.81. The van der Waals surface area contributed by atoms with Crippen molar-refractivity contribution in [2.45, 2.75) is 25.2 Å². The third-order valence-corrected chi connectivity index (χ3v) is 6.65. The molecule has 162 valence electrons. The normalized spacial score (nSPS) is 11.2. The molecule has 0 fully saturated rings. The number of carbonyl (C=O) groups excluding carboxylic acids is 2. The number of amides is 2. The minimum absolute atomic E-state index is 0.0162. The summed E-state index contributed by atoms with van der Waals surface area (Å²) in [6, 6.07) is 10.7. The molecule has 0 aliphatic heterocycles. The fourth-order valence-corrected chi connectivity index (χ4v) is 4.37. The molecule has 2 aromatic rings. The van der Waals surface area contributed by atoms with Crippen LogP contribution in [0.5, 0.6) is 5.75 Å². The van der Waals surface area contributed by atoms with E-state index in [0.29, 0.717) is 18.1 Å². The lowest BCUT2D eigenvalue weighted by molar-refractivity contribution is -0.121. The van der Waals surface area contributed by atoms with Crippen LogP contribution < -0.4 is 15.6 Å². The molecular weight excluding hydrogens is 430 g/mol. The molecule has 2 N–H and O–H groups in total. The number of benzene rings is 2. The lowest BCUT2D eigenvalue weighted by atomic mass is 10.1. The van der Waals surface area contributed by atoms with Crippen molar-refractivity contribution in [2.75, 3.05) is 20.2 Å². The number of hydrogen-bond donors (Lipinski definition) is 2. The van der Waals surface area contributed by atoms with E-state index in [0.717, 1.165) is 5.56 Å². The summed E-state index contributed by atoms with van der Waals surface area (Å²) in [6.07, 6.45) is 0.0327. The summed E-state index contributed by atoms with van der Waals surface area (Å²) in [5.41, 5.74) is 5.30. The van der Waals surface area contributed by atoms with E-state index in [1.165, 1.54) is 29.6 Å². The fourth-order valence-electron chi connectivity index (χ4n) is 2.76. The van der Waals surface area contributed by atoms with Gasteiger partial charge in [-0.2, -0.15) is 4.31 Å². The Bertz CT molecular complexity index is 1010. The van der Waals surface area contributed by atoms with Crippen LogP contribution >= 0.6 is 11.6 Å². The maximum absolute atomic E-state index is 12.7. The number of halogens is 1. The monoisotopic (exact) mass is 453 g/mol. The summed E-state index contributed by atoms with van der Waals surface area (Å²) in [7, 11) is -2.39. The second kappa shape index (κ2) is 10.4. The number of nitrogens with zero attached hydrogens (tertiary/aromatic N) is 1. The van der Waals surface area contributed by atoms with E-state index < -0.39 is 21.8 Å². The van der Waals surface area contributed by atoms with Crippen molar-refractivity contribution >= 4 is 33.4 Å². The second-order valence-electron chi connectivity index (χ2n) is 6.26. The van der Waals surface area contributed by atoms with Gasteiger partial charge in [0.2, 0.25) is 15.9 Å². The van der Waals surface area contributed by atoms with Crippen LogP contribution in [0.3, 0.4) is 0 Å². The smallest absolute Gasteiger partial charge is 0.273 e. The third kappa shape index (κ3) is 5.71. The summed E-state index contributed by atoms with van der Waals surface area (Å²) in [5, 5.41) is 0.555. The van der Waals surface area contributed by atoms with Gasteiger partial charge in [-0.05, 0) is 35.9 Å². The molecule has 0 aliphatic carbocycles. The highest BCUT2D eigenvalue weighted by Gasteiger charge is 2.24. The van der Waals surface area contributed by atoms with Crippen molar-refractivity contribution in [3.05, 3.63) is 58.6 Å². The Kier molecular flexibility index (Phi) is 8.22. The molecule has 0 spiro atoms. The molecule has 0 saturated carbocycles. The van der Waals surface area contributed by atoms with Gasteiger partial charge in [-0.1, -0.05) is 37.6 Å². The van der Waals surface area contributed by atoms with Crippen molar-refractivity contribution in [2.24, 2.45) is 0 Å². The number of carbonyl (C=O) groups is 2. The van der Waals surface area contributed by atoms with Gasteiger partial charge in [0.25, 0.3) is 5.91 Å². The molecule has 30 heavy (non-hydrogen) atoms. The Morgan fingerprint density at radius 2 is 1.67 bits per heavy atom. The Labute approximate surface area is 181 Å². The second-order valence-corrected chi connectivity index (χ2v) is 8.63. The number of ether oxygens (including phenoxy) is 1. The fraction of sp³-hybridized carbons (Fsp3) is 0.300. The van der Waals surface area contributed by atoms with Gasteiger partial charge >= 0.3 is 0 Å². The lowest BCUT2D eigenvalue weighted by Gasteiger charge is -2.19. The summed E-state index contributed by atoms with van der Waals surface area (Å²) in [4.78, 5) is 24.6. The molecule has 0 aliphatic rings. The zero-order valence-corrected chi connectivity index (χ0v) is 18.5. The first-order chi connectivity index (χ1) is 14.2. The van der Waals surface area contributed by atoms with Gasteiger partial charge in [-0.25, -0.2) is 8.42 Å². The van der Waals surface area contributed by atoms with Crippen molar-refractivity contribution in [1.29, 1.82) is 0 Å². The molecule has 0 heterocycles. The Balaban J connectivity index is 2.15. The highest BCUT2D eigenvalue weighted by Crippen LogP contribution is 2.24. The molecule has 0 bridgehead atoms. The van der Waals surface area contributed by atoms with Gasteiger partial charge in [0.15, 0.2) is 0 Å². The van der Waals surface area contributed by atoms with Crippen LogP contribution in [0.2, 0.25) is 5.02 Å². The summed E-state index contributed by atoms with van der Waals surface area (Å²) in [6.45, 7) is 4.06. The number of hydrazine groups is 1. The largest absolute Gasteiger partial charge is 0.496 e. The van der Waals surface area contributed by atoms with Gasteiger partial charge in [0.1, 0.15) is 5.75 Å². The maximum atomic E-state index is 12.7. The molecule has 0 aromatic heterocycles. The van der Waals surface area contributed by atoms with E-state index in [-0.39, 0.29) is 22.6 Å². The zero-order chi connectivity index (χ0) is 22.3. The highest BCUT2D eigenvalue weighted by atomic mass is 35.5.